The average molecular weight is 414 g/mol. The van der Waals surface area contributed by atoms with Gasteiger partial charge < -0.3 is 14.8 Å². The van der Waals surface area contributed by atoms with Crippen LogP contribution in [0.2, 0.25) is 0 Å². The number of rotatable bonds is 7. The highest BCUT2D eigenvalue weighted by Gasteiger charge is 2.15. The molecule has 0 aliphatic carbocycles. The lowest BCUT2D eigenvalue weighted by molar-refractivity contribution is -0.384. The first kappa shape index (κ1) is 20.7. The van der Waals surface area contributed by atoms with Gasteiger partial charge in [-0.15, -0.1) is 0 Å². The van der Waals surface area contributed by atoms with Crippen molar-refractivity contribution >= 4 is 17.3 Å². The lowest BCUT2D eigenvalue weighted by Gasteiger charge is -2.13. The SMILES string of the molecule is COc1ccc(-c2cc([N+](=O)[O-])ccc2OCC(=O)Nc2cc(F)ccc2F)cc1. The molecule has 154 valence electrons. The maximum atomic E-state index is 13.7. The van der Waals surface area contributed by atoms with Crippen LogP contribution in [0.15, 0.2) is 60.7 Å². The van der Waals surface area contributed by atoms with Crippen LogP contribution in [0, 0.1) is 21.7 Å². The molecule has 0 aliphatic rings. The number of ether oxygens (including phenoxy) is 2. The second-order valence-corrected chi connectivity index (χ2v) is 6.13. The summed E-state index contributed by atoms with van der Waals surface area (Å²) in [5, 5.41) is 13.4. The van der Waals surface area contributed by atoms with Crippen molar-refractivity contribution < 1.29 is 28.0 Å². The number of hydrogen-bond donors (Lipinski definition) is 1. The van der Waals surface area contributed by atoms with Crippen LogP contribution < -0.4 is 14.8 Å². The van der Waals surface area contributed by atoms with Crippen LogP contribution >= 0.6 is 0 Å². The number of nitro groups is 1. The zero-order chi connectivity index (χ0) is 21.7. The van der Waals surface area contributed by atoms with Gasteiger partial charge in [0.2, 0.25) is 0 Å². The Morgan fingerprint density at radius 3 is 2.47 bits per heavy atom. The number of amides is 1. The van der Waals surface area contributed by atoms with Crippen molar-refractivity contribution in [2.45, 2.75) is 0 Å². The number of nitrogens with one attached hydrogen (secondary N) is 1. The van der Waals surface area contributed by atoms with Crippen molar-refractivity contribution in [2.75, 3.05) is 19.0 Å². The van der Waals surface area contributed by atoms with Crippen LogP contribution in [-0.4, -0.2) is 24.5 Å². The Morgan fingerprint density at radius 2 is 1.80 bits per heavy atom. The van der Waals surface area contributed by atoms with E-state index < -0.39 is 29.1 Å². The van der Waals surface area contributed by atoms with E-state index in [4.69, 9.17) is 9.47 Å². The van der Waals surface area contributed by atoms with Crippen molar-refractivity contribution in [3.63, 3.8) is 0 Å². The second-order valence-electron chi connectivity index (χ2n) is 6.13. The monoisotopic (exact) mass is 414 g/mol. The van der Waals surface area contributed by atoms with Crippen LogP contribution in [0.3, 0.4) is 0 Å². The predicted molar refractivity (Wildman–Crippen MR) is 106 cm³/mol. The number of carbonyl (C=O) groups excluding carboxylic acids is 1. The molecule has 30 heavy (non-hydrogen) atoms. The molecule has 0 spiro atoms. The fourth-order valence-corrected chi connectivity index (χ4v) is 2.68. The summed E-state index contributed by atoms with van der Waals surface area (Å²) in [6, 6.07) is 13.3. The summed E-state index contributed by atoms with van der Waals surface area (Å²) in [6.07, 6.45) is 0. The van der Waals surface area contributed by atoms with Crippen molar-refractivity contribution in [1.29, 1.82) is 0 Å². The molecule has 0 atom stereocenters. The summed E-state index contributed by atoms with van der Waals surface area (Å²) in [5.74, 6) is -1.41. The number of nitrogens with zero attached hydrogens (tertiary/aromatic N) is 1. The number of anilines is 1. The lowest BCUT2D eigenvalue weighted by Crippen LogP contribution is -2.21. The summed E-state index contributed by atoms with van der Waals surface area (Å²) in [4.78, 5) is 22.7. The van der Waals surface area contributed by atoms with Crippen LogP contribution in [0.25, 0.3) is 11.1 Å². The van der Waals surface area contributed by atoms with Crippen molar-refractivity contribution in [2.24, 2.45) is 0 Å². The minimum atomic E-state index is -0.793. The fourth-order valence-electron chi connectivity index (χ4n) is 2.68. The number of benzene rings is 3. The van der Waals surface area contributed by atoms with Gasteiger partial charge in [-0.25, -0.2) is 8.78 Å². The molecular formula is C21H16F2N2O5. The van der Waals surface area contributed by atoms with Gasteiger partial charge in [0.1, 0.15) is 23.1 Å². The molecule has 0 saturated heterocycles. The number of non-ortho nitro benzene ring substituents is 1. The zero-order valence-electron chi connectivity index (χ0n) is 15.7. The van der Waals surface area contributed by atoms with Crippen LogP contribution in [0.5, 0.6) is 11.5 Å². The molecule has 3 rings (SSSR count). The molecule has 0 fully saturated rings. The van der Waals surface area contributed by atoms with E-state index in [9.17, 15) is 23.7 Å². The minimum Gasteiger partial charge on any atom is -0.497 e. The quantitative estimate of drug-likeness (QED) is 0.452. The molecule has 0 heterocycles. The molecule has 0 bridgehead atoms. The molecule has 0 radical (unpaired) electrons. The largest absolute Gasteiger partial charge is 0.497 e. The third kappa shape index (κ3) is 4.88. The number of nitro benzene ring substituents is 1. The zero-order valence-corrected chi connectivity index (χ0v) is 15.7. The lowest BCUT2D eigenvalue weighted by atomic mass is 10.0. The number of methoxy groups -OCH3 is 1. The Balaban J connectivity index is 1.81. The van der Waals surface area contributed by atoms with E-state index in [1.807, 2.05) is 0 Å². The van der Waals surface area contributed by atoms with E-state index in [1.165, 1.54) is 25.3 Å². The maximum Gasteiger partial charge on any atom is 0.270 e. The summed E-state index contributed by atoms with van der Waals surface area (Å²) in [5.41, 5.74) is 0.518. The Labute approximate surface area is 170 Å². The smallest absolute Gasteiger partial charge is 0.270 e. The van der Waals surface area contributed by atoms with Crippen LogP contribution in [0.1, 0.15) is 0 Å². The Kier molecular flexibility index (Phi) is 6.21. The van der Waals surface area contributed by atoms with Crippen LogP contribution in [-0.2, 0) is 4.79 Å². The van der Waals surface area contributed by atoms with Gasteiger partial charge in [-0.3, -0.25) is 14.9 Å². The van der Waals surface area contributed by atoms with Gasteiger partial charge in [0.25, 0.3) is 11.6 Å². The van der Waals surface area contributed by atoms with E-state index in [-0.39, 0.29) is 17.1 Å². The standard InChI is InChI=1S/C21H16F2N2O5/c1-29-16-6-2-13(3-7-16)17-11-15(25(27)28)5-9-20(17)30-12-21(26)24-19-10-14(22)4-8-18(19)23/h2-11H,12H2,1H3,(H,24,26). The first-order chi connectivity index (χ1) is 14.4. The molecular weight excluding hydrogens is 398 g/mol. The molecule has 3 aromatic rings. The van der Waals surface area contributed by atoms with Gasteiger partial charge in [-0.05, 0) is 35.9 Å². The first-order valence-electron chi connectivity index (χ1n) is 8.68. The summed E-state index contributed by atoms with van der Waals surface area (Å²) in [7, 11) is 1.51. The summed E-state index contributed by atoms with van der Waals surface area (Å²) < 4.78 is 37.5. The van der Waals surface area contributed by atoms with Crippen molar-refractivity contribution in [1.82, 2.24) is 0 Å². The molecule has 9 heteroatoms. The predicted octanol–water partition coefficient (Wildman–Crippen LogP) is 4.57. The Bertz CT molecular complexity index is 1090. The van der Waals surface area contributed by atoms with Gasteiger partial charge in [-0.2, -0.15) is 0 Å². The van der Waals surface area contributed by atoms with Crippen molar-refractivity contribution in [3.05, 3.63) is 82.4 Å². The van der Waals surface area contributed by atoms with E-state index in [0.29, 0.717) is 16.9 Å². The van der Waals surface area contributed by atoms with Gasteiger partial charge in [0.05, 0.1) is 17.7 Å². The Morgan fingerprint density at radius 1 is 1.07 bits per heavy atom. The maximum absolute atomic E-state index is 13.7. The van der Waals surface area contributed by atoms with Crippen LogP contribution in [0.4, 0.5) is 20.2 Å². The van der Waals surface area contributed by atoms with Crippen molar-refractivity contribution in [3.8, 4) is 22.6 Å². The minimum absolute atomic E-state index is 0.153. The number of hydrogen-bond acceptors (Lipinski definition) is 5. The van der Waals surface area contributed by atoms with E-state index >= 15 is 0 Å². The highest BCUT2D eigenvalue weighted by atomic mass is 19.1. The normalized spacial score (nSPS) is 10.4. The topological polar surface area (TPSA) is 90.7 Å². The average Bonchev–Trinajstić information content (AvgIpc) is 2.74. The second kappa shape index (κ2) is 8.99. The summed E-state index contributed by atoms with van der Waals surface area (Å²) in [6.45, 7) is -0.517. The molecule has 0 aromatic heterocycles. The van der Waals surface area contributed by atoms with E-state index in [0.717, 1.165) is 18.2 Å². The molecule has 0 aliphatic heterocycles. The fraction of sp³-hybridized carbons (Fsp3) is 0.0952. The first-order valence-corrected chi connectivity index (χ1v) is 8.68. The summed E-state index contributed by atoms with van der Waals surface area (Å²) >= 11 is 0. The van der Waals surface area contributed by atoms with Gasteiger partial charge >= 0.3 is 0 Å². The number of carbonyl (C=O) groups is 1. The molecule has 0 unspecified atom stereocenters. The third-order valence-corrected chi connectivity index (χ3v) is 4.14. The molecule has 3 aromatic carbocycles. The van der Waals surface area contributed by atoms with Gasteiger partial charge in [0, 0.05) is 23.8 Å². The number of halogens is 2. The third-order valence-electron chi connectivity index (χ3n) is 4.14. The molecule has 7 nitrogen and oxygen atoms in total. The Hall–Kier alpha value is -4.01. The van der Waals surface area contributed by atoms with Gasteiger partial charge in [0.15, 0.2) is 6.61 Å². The van der Waals surface area contributed by atoms with E-state index in [2.05, 4.69) is 5.32 Å². The molecule has 1 N–H and O–H groups in total. The highest BCUT2D eigenvalue weighted by Crippen LogP contribution is 2.34. The van der Waals surface area contributed by atoms with Gasteiger partial charge in [-0.1, -0.05) is 12.1 Å². The molecule has 1 amide bonds. The highest BCUT2D eigenvalue weighted by molar-refractivity contribution is 5.92. The van der Waals surface area contributed by atoms with E-state index in [1.54, 1.807) is 24.3 Å². The molecule has 0 saturated carbocycles.